The van der Waals surface area contributed by atoms with Gasteiger partial charge >= 0.3 is 58.2 Å². The molecule has 1 heterocycles. The smallest absolute Gasteiger partial charge is 0.429 e. The molecule has 0 spiro atoms. The molecule has 0 aliphatic carbocycles. The standard InChI is InChI=1S/C17H14N3O.Rb/c21-17(12-19-15-4-2-1-3-5-15)20-16-7-6-14-11-18-9-8-13(14)10-16;/h1-2,4-11,19H,12H2,(H,20,21);/q-1;+1. The number of benzene rings is 2. The number of anilines is 2. The van der Waals surface area contributed by atoms with Crippen LogP contribution < -0.4 is 68.8 Å². The van der Waals surface area contributed by atoms with Crippen LogP contribution in [0.5, 0.6) is 0 Å². The largest absolute Gasteiger partial charge is 1.00 e. The molecule has 2 N–H and O–H groups in total. The second-order valence-corrected chi connectivity index (χ2v) is 4.63. The average Bonchev–Trinajstić information content (AvgIpc) is 2.54. The van der Waals surface area contributed by atoms with Gasteiger partial charge in [-0.15, -0.1) is 0 Å². The van der Waals surface area contributed by atoms with Crippen molar-refractivity contribution in [3.63, 3.8) is 0 Å². The zero-order chi connectivity index (χ0) is 14.5. The van der Waals surface area contributed by atoms with Crippen LogP contribution >= 0.6 is 0 Å². The van der Waals surface area contributed by atoms with Gasteiger partial charge in [0.15, 0.2) is 0 Å². The zero-order valence-corrected chi connectivity index (χ0v) is 17.3. The van der Waals surface area contributed by atoms with Gasteiger partial charge in [-0.05, 0) is 23.6 Å². The summed E-state index contributed by atoms with van der Waals surface area (Å²) in [6, 6.07) is 18.0. The fraction of sp³-hybridized carbons (Fsp3) is 0.0588. The van der Waals surface area contributed by atoms with E-state index in [1.807, 2.05) is 42.5 Å². The van der Waals surface area contributed by atoms with Crippen LogP contribution in [0.3, 0.4) is 0 Å². The van der Waals surface area contributed by atoms with Crippen LogP contribution in [0.15, 0.2) is 60.9 Å². The third-order valence-electron chi connectivity index (χ3n) is 3.08. The molecular formula is C17H14N3ORb. The van der Waals surface area contributed by atoms with Crippen molar-refractivity contribution in [3.05, 3.63) is 67.0 Å². The Labute approximate surface area is 178 Å². The minimum Gasteiger partial charge on any atom is -0.429 e. The molecular weight excluding hydrogens is 348 g/mol. The van der Waals surface area contributed by atoms with Crippen LogP contribution in [0, 0.1) is 6.07 Å². The maximum absolute atomic E-state index is 11.9. The van der Waals surface area contributed by atoms with Crippen LogP contribution in [0.25, 0.3) is 10.8 Å². The summed E-state index contributed by atoms with van der Waals surface area (Å²) in [5, 5.41) is 8.02. The number of carbonyl (C=O) groups excluding carboxylic acids is 1. The van der Waals surface area contributed by atoms with E-state index in [0.717, 1.165) is 22.1 Å². The van der Waals surface area contributed by atoms with Gasteiger partial charge in [0.1, 0.15) is 0 Å². The van der Waals surface area contributed by atoms with Crippen molar-refractivity contribution in [3.8, 4) is 0 Å². The average molecular weight is 362 g/mol. The number of nitrogens with one attached hydrogen (secondary N) is 2. The number of rotatable bonds is 4. The molecule has 0 aliphatic rings. The number of nitrogens with zero attached hydrogens (tertiary/aromatic N) is 1. The monoisotopic (exact) mass is 361 g/mol. The number of carbonyl (C=O) groups is 1. The summed E-state index contributed by atoms with van der Waals surface area (Å²) in [7, 11) is 0. The minimum absolute atomic E-state index is 0. The molecule has 5 heteroatoms. The molecule has 3 rings (SSSR count). The third-order valence-corrected chi connectivity index (χ3v) is 3.08. The van der Waals surface area contributed by atoms with Gasteiger partial charge in [-0.2, -0.15) is 30.3 Å². The molecule has 1 aromatic heterocycles. The Morgan fingerprint density at radius 3 is 2.86 bits per heavy atom. The van der Waals surface area contributed by atoms with Gasteiger partial charge in [0.25, 0.3) is 0 Å². The first-order chi connectivity index (χ1) is 10.3. The number of hydrogen-bond acceptors (Lipinski definition) is 3. The molecule has 104 valence electrons. The van der Waals surface area contributed by atoms with E-state index >= 15 is 0 Å². The van der Waals surface area contributed by atoms with Crippen molar-refractivity contribution in [2.45, 2.75) is 0 Å². The maximum atomic E-state index is 11.9. The van der Waals surface area contributed by atoms with E-state index in [1.54, 1.807) is 18.5 Å². The summed E-state index contributed by atoms with van der Waals surface area (Å²) >= 11 is 0. The summed E-state index contributed by atoms with van der Waals surface area (Å²) in [6.45, 7) is 0.215. The fourth-order valence-corrected chi connectivity index (χ4v) is 2.05. The van der Waals surface area contributed by atoms with Gasteiger partial charge in [-0.25, -0.2) is 0 Å². The Kier molecular flexibility index (Phi) is 6.70. The molecule has 0 saturated heterocycles. The Hall–Kier alpha value is -1.07. The predicted molar refractivity (Wildman–Crippen MR) is 84.1 cm³/mol. The Morgan fingerprint density at radius 2 is 2.05 bits per heavy atom. The molecule has 0 fully saturated rings. The maximum Gasteiger partial charge on any atom is 1.00 e. The molecule has 2 aromatic carbocycles. The van der Waals surface area contributed by atoms with E-state index in [4.69, 9.17) is 0 Å². The zero-order valence-electron chi connectivity index (χ0n) is 12.3. The molecule has 0 unspecified atom stereocenters. The first-order valence-corrected chi connectivity index (χ1v) is 6.65. The Morgan fingerprint density at radius 1 is 1.14 bits per heavy atom. The third kappa shape index (κ3) is 4.71. The molecule has 1 amide bonds. The number of aromatic nitrogens is 1. The topological polar surface area (TPSA) is 54.0 Å². The van der Waals surface area contributed by atoms with E-state index in [0.29, 0.717) is 0 Å². The molecule has 0 aliphatic heterocycles. The normalized spacial score (nSPS) is 9.82. The van der Waals surface area contributed by atoms with Gasteiger partial charge < -0.3 is 10.6 Å². The van der Waals surface area contributed by atoms with Crippen LogP contribution in [-0.2, 0) is 4.79 Å². The quantitative estimate of drug-likeness (QED) is 0.648. The van der Waals surface area contributed by atoms with Crippen molar-refractivity contribution in [2.24, 2.45) is 0 Å². The minimum atomic E-state index is -0.0905. The van der Waals surface area contributed by atoms with E-state index in [1.165, 1.54) is 0 Å². The van der Waals surface area contributed by atoms with Gasteiger partial charge in [-0.3, -0.25) is 9.78 Å². The molecule has 3 aromatic rings. The Bertz CT molecular complexity index is 762. The van der Waals surface area contributed by atoms with Crippen molar-refractivity contribution >= 4 is 28.1 Å². The first kappa shape index (κ1) is 17.3. The number of pyridine rings is 1. The first-order valence-electron chi connectivity index (χ1n) is 6.65. The summed E-state index contributed by atoms with van der Waals surface area (Å²) in [5.74, 6) is -0.0905. The molecule has 0 saturated carbocycles. The van der Waals surface area contributed by atoms with Crippen LogP contribution in [0.2, 0.25) is 0 Å². The molecule has 0 bridgehead atoms. The second-order valence-electron chi connectivity index (χ2n) is 4.63. The van der Waals surface area contributed by atoms with Crippen molar-refractivity contribution < 1.29 is 63.0 Å². The van der Waals surface area contributed by atoms with Crippen molar-refractivity contribution in [1.29, 1.82) is 0 Å². The summed E-state index contributed by atoms with van der Waals surface area (Å²) in [5.41, 5.74) is 1.65. The second kappa shape index (κ2) is 8.53. The van der Waals surface area contributed by atoms with E-state index in [2.05, 4.69) is 21.7 Å². The van der Waals surface area contributed by atoms with Crippen molar-refractivity contribution in [1.82, 2.24) is 4.98 Å². The van der Waals surface area contributed by atoms with E-state index < -0.39 is 0 Å². The van der Waals surface area contributed by atoms with Gasteiger partial charge in [0, 0.05) is 23.5 Å². The summed E-state index contributed by atoms with van der Waals surface area (Å²) in [6.07, 6.45) is 3.54. The van der Waals surface area contributed by atoms with Crippen molar-refractivity contribution in [2.75, 3.05) is 17.2 Å². The number of hydrogen-bond donors (Lipinski definition) is 2. The molecule has 22 heavy (non-hydrogen) atoms. The van der Waals surface area contributed by atoms with E-state index in [9.17, 15) is 4.79 Å². The van der Waals surface area contributed by atoms with E-state index in [-0.39, 0.29) is 70.6 Å². The molecule has 0 atom stereocenters. The van der Waals surface area contributed by atoms with Gasteiger partial charge in [0.05, 0.1) is 6.54 Å². The van der Waals surface area contributed by atoms with Crippen LogP contribution in [0.1, 0.15) is 0 Å². The van der Waals surface area contributed by atoms with Crippen LogP contribution in [0.4, 0.5) is 11.4 Å². The number of fused-ring (bicyclic) bond motifs is 1. The summed E-state index contributed by atoms with van der Waals surface area (Å²) in [4.78, 5) is 16.0. The molecule has 0 radical (unpaired) electrons. The fourth-order valence-electron chi connectivity index (χ4n) is 2.05. The Balaban J connectivity index is 0.00000176. The van der Waals surface area contributed by atoms with Gasteiger partial charge in [-0.1, -0.05) is 11.8 Å². The SMILES string of the molecule is O=C(CNc1c[c-]ccc1)Nc1ccc2cnccc2c1.[Rb+]. The summed E-state index contributed by atoms with van der Waals surface area (Å²) < 4.78 is 0. The molecule has 4 nitrogen and oxygen atoms in total. The van der Waals surface area contributed by atoms with Crippen LogP contribution in [-0.4, -0.2) is 17.4 Å². The van der Waals surface area contributed by atoms with Gasteiger partial charge in [0.2, 0.25) is 5.91 Å². The number of amides is 1. The predicted octanol–water partition coefficient (Wildman–Crippen LogP) is 0.0896.